The minimum Gasteiger partial charge on any atom is -0.508 e. The maximum Gasteiger partial charge on any atom is 0.345 e. The molecule has 31 heavy (non-hydrogen) atoms. The summed E-state index contributed by atoms with van der Waals surface area (Å²) in [6.45, 7) is -0.649. The molecule has 0 saturated heterocycles. The minimum atomic E-state index is -0.824. The Morgan fingerprint density at radius 3 is 2.61 bits per heavy atom. The largest absolute Gasteiger partial charge is 0.508 e. The molecule has 1 heterocycles. The highest BCUT2D eigenvalue weighted by atomic mass is 35.5. The lowest BCUT2D eigenvalue weighted by Gasteiger charge is -2.11. The molecule has 0 aliphatic heterocycles. The number of ketones is 1. The highest BCUT2D eigenvalue weighted by Gasteiger charge is 2.17. The van der Waals surface area contributed by atoms with Crippen molar-refractivity contribution in [3.63, 3.8) is 0 Å². The number of phenols is 1. The molecule has 0 radical (unpaired) electrons. The molecule has 0 amide bonds. The van der Waals surface area contributed by atoms with Crippen molar-refractivity contribution >= 4 is 29.6 Å². The number of aliphatic hydroxyl groups excluding tert-OH is 1. The van der Waals surface area contributed by atoms with E-state index in [9.17, 15) is 19.8 Å². The van der Waals surface area contributed by atoms with Gasteiger partial charge in [0, 0.05) is 30.1 Å². The predicted octanol–water partition coefficient (Wildman–Crippen LogP) is 3.25. The van der Waals surface area contributed by atoms with E-state index in [0.717, 1.165) is 5.56 Å². The van der Waals surface area contributed by atoms with E-state index < -0.39 is 24.4 Å². The normalized spacial score (nSPS) is 11.9. The molecular formula is C23H19ClN2O5. The summed E-state index contributed by atoms with van der Waals surface area (Å²) in [5.74, 6) is -0.704. The fourth-order valence-electron chi connectivity index (χ4n) is 2.75. The van der Waals surface area contributed by atoms with E-state index in [1.54, 1.807) is 42.6 Å². The van der Waals surface area contributed by atoms with Crippen molar-refractivity contribution in [3.05, 3.63) is 88.7 Å². The van der Waals surface area contributed by atoms with Gasteiger partial charge in [-0.3, -0.25) is 14.8 Å². The molecule has 0 aliphatic rings. The van der Waals surface area contributed by atoms with Crippen LogP contribution in [0.5, 0.6) is 11.5 Å². The molecule has 1 atom stereocenters. The molecule has 2 aromatic carbocycles. The van der Waals surface area contributed by atoms with E-state index in [2.05, 4.69) is 9.98 Å². The number of nitrogens with zero attached hydrogens (tertiary/aromatic N) is 2. The van der Waals surface area contributed by atoms with Crippen LogP contribution >= 0.6 is 11.6 Å². The van der Waals surface area contributed by atoms with Crippen molar-refractivity contribution in [1.29, 1.82) is 0 Å². The highest BCUT2D eigenvalue weighted by Crippen LogP contribution is 2.22. The number of aromatic hydroxyl groups is 1. The van der Waals surface area contributed by atoms with Gasteiger partial charge in [0.1, 0.15) is 24.1 Å². The SMILES string of the molecule is O=C(Oc1cc(Cl)cc(C=NC(Cc2ccc(O)cc2)C(=O)CO)c1)c1cccnc1. The van der Waals surface area contributed by atoms with Crippen molar-refractivity contribution in [2.45, 2.75) is 12.5 Å². The summed E-state index contributed by atoms with van der Waals surface area (Å²) in [7, 11) is 0. The zero-order valence-corrected chi connectivity index (χ0v) is 17.1. The van der Waals surface area contributed by atoms with Gasteiger partial charge in [0.15, 0.2) is 5.78 Å². The fourth-order valence-corrected chi connectivity index (χ4v) is 2.99. The second-order valence-corrected chi connectivity index (χ2v) is 7.08. The molecule has 0 spiro atoms. The van der Waals surface area contributed by atoms with Crippen LogP contribution in [0.3, 0.4) is 0 Å². The number of hydrogen-bond acceptors (Lipinski definition) is 7. The maximum absolute atomic E-state index is 12.2. The van der Waals surface area contributed by atoms with E-state index in [-0.39, 0.29) is 17.9 Å². The van der Waals surface area contributed by atoms with Gasteiger partial charge in [-0.05, 0) is 53.6 Å². The van der Waals surface area contributed by atoms with Crippen LogP contribution < -0.4 is 4.74 Å². The standard InChI is InChI=1S/C23H19ClN2O5/c24-18-8-16(9-20(11-18)31-23(30)17-2-1-7-25-13-17)12-26-21(22(29)14-27)10-15-3-5-19(28)6-4-15/h1-9,11-13,21,27-28H,10,14H2. The second kappa shape index (κ2) is 10.5. The van der Waals surface area contributed by atoms with Crippen LogP contribution in [-0.2, 0) is 11.2 Å². The number of aromatic nitrogens is 1. The summed E-state index contributed by atoms with van der Waals surface area (Å²) < 4.78 is 5.35. The molecule has 0 aliphatic carbocycles. The van der Waals surface area contributed by atoms with Crippen molar-refractivity contribution in [1.82, 2.24) is 4.98 Å². The van der Waals surface area contributed by atoms with Gasteiger partial charge in [-0.1, -0.05) is 23.7 Å². The van der Waals surface area contributed by atoms with Crippen molar-refractivity contribution < 1.29 is 24.5 Å². The summed E-state index contributed by atoms with van der Waals surface area (Å²) in [6.07, 6.45) is 4.63. The van der Waals surface area contributed by atoms with Crippen molar-refractivity contribution in [2.24, 2.45) is 4.99 Å². The Morgan fingerprint density at radius 1 is 1.16 bits per heavy atom. The Labute approximate surface area is 183 Å². The number of pyridine rings is 1. The monoisotopic (exact) mass is 438 g/mol. The first-order chi connectivity index (χ1) is 14.9. The van der Waals surface area contributed by atoms with Crippen LogP contribution in [0.2, 0.25) is 5.02 Å². The Balaban J connectivity index is 1.77. The lowest BCUT2D eigenvalue weighted by Crippen LogP contribution is -2.24. The van der Waals surface area contributed by atoms with Gasteiger partial charge >= 0.3 is 5.97 Å². The summed E-state index contributed by atoms with van der Waals surface area (Å²) in [5.41, 5.74) is 1.59. The number of carbonyl (C=O) groups is 2. The van der Waals surface area contributed by atoms with Gasteiger partial charge < -0.3 is 14.9 Å². The molecule has 0 bridgehead atoms. The zero-order chi connectivity index (χ0) is 22.2. The van der Waals surface area contributed by atoms with Crippen molar-refractivity contribution in [2.75, 3.05) is 6.61 Å². The number of aliphatic hydroxyl groups is 1. The summed E-state index contributed by atoms with van der Waals surface area (Å²) >= 11 is 6.13. The molecule has 0 saturated carbocycles. The molecule has 1 unspecified atom stereocenters. The van der Waals surface area contributed by atoms with E-state index in [1.807, 2.05) is 0 Å². The number of carbonyl (C=O) groups excluding carboxylic acids is 2. The number of ether oxygens (including phenoxy) is 1. The summed E-state index contributed by atoms with van der Waals surface area (Å²) in [4.78, 5) is 32.5. The Morgan fingerprint density at radius 2 is 1.94 bits per heavy atom. The molecule has 158 valence electrons. The molecular weight excluding hydrogens is 420 g/mol. The average molecular weight is 439 g/mol. The number of benzene rings is 2. The average Bonchev–Trinajstić information content (AvgIpc) is 2.77. The lowest BCUT2D eigenvalue weighted by molar-refractivity contribution is -0.122. The fraction of sp³-hybridized carbons (Fsp3) is 0.130. The van der Waals surface area contributed by atoms with Crippen LogP contribution in [0, 0.1) is 0 Å². The number of esters is 1. The third-order valence-electron chi connectivity index (χ3n) is 4.30. The zero-order valence-electron chi connectivity index (χ0n) is 16.3. The first-order valence-corrected chi connectivity index (χ1v) is 9.70. The van der Waals surface area contributed by atoms with Gasteiger partial charge in [-0.2, -0.15) is 0 Å². The van der Waals surface area contributed by atoms with Crippen LogP contribution in [0.25, 0.3) is 0 Å². The first-order valence-electron chi connectivity index (χ1n) is 9.32. The molecule has 8 heteroatoms. The smallest absolute Gasteiger partial charge is 0.345 e. The van der Waals surface area contributed by atoms with Gasteiger partial charge in [0.2, 0.25) is 0 Å². The van der Waals surface area contributed by atoms with Gasteiger partial charge in [-0.15, -0.1) is 0 Å². The Bertz CT molecular complexity index is 1080. The minimum absolute atomic E-state index is 0.115. The summed E-state index contributed by atoms with van der Waals surface area (Å²) in [5, 5.41) is 19.0. The first kappa shape index (κ1) is 22.1. The molecule has 0 fully saturated rings. The van der Waals surface area contributed by atoms with Gasteiger partial charge in [0.25, 0.3) is 0 Å². The predicted molar refractivity (Wildman–Crippen MR) is 116 cm³/mol. The lowest BCUT2D eigenvalue weighted by atomic mass is 10.0. The molecule has 3 aromatic rings. The van der Waals surface area contributed by atoms with Gasteiger partial charge in [-0.25, -0.2) is 4.79 Å². The van der Waals surface area contributed by atoms with Crippen molar-refractivity contribution in [3.8, 4) is 11.5 Å². The molecule has 7 nitrogen and oxygen atoms in total. The second-order valence-electron chi connectivity index (χ2n) is 6.64. The van der Waals surface area contributed by atoms with E-state index in [1.165, 1.54) is 30.6 Å². The maximum atomic E-state index is 12.2. The van der Waals surface area contributed by atoms with E-state index >= 15 is 0 Å². The molecule has 1 aromatic heterocycles. The Kier molecular flexibility index (Phi) is 7.48. The topological polar surface area (TPSA) is 109 Å². The van der Waals surface area contributed by atoms with E-state index in [0.29, 0.717) is 16.1 Å². The molecule has 3 rings (SSSR count). The number of rotatable bonds is 8. The van der Waals surface area contributed by atoms with Crippen LogP contribution in [-0.4, -0.2) is 45.8 Å². The van der Waals surface area contributed by atoms with Crippen LogP contribution in [0.1, 0.15) is 21.5 Å². The third-order valence-corrected chi connectivity index (χ3v) is 4.52. The highest BCUT2D eigenvalue weighted by molar-refractivity contribution is 6.31. The number of halogens is 1. The molecule has 2 N–H and O–H groups in total. The number of phenolic OH excluding ortho intramolecular Hbond substituents is 1. The number of hydrogen-bond donors (Lipinski definition) is 2. The van der Waals surface area contributed by atoms with Crippen LogP contribution in [0.4, 0.5) is 0 Å². The van der Waals surface area contributed by atoms with Gasteiger partial charge in [0.05, 0.1) is 5.56 Å². The summed E-state index contributed by atoms with van der Waals surface area (Å²) in [6, 6.07) is 13.4. The number of Topliss-reactive ketones (excluding diaryl/α,β-unsaturated/α-hetero) is 1. The quantitative estimate of drug-likeness (QED) is 0.317. The van der Waals surface area contributed by atoms with E-state index in [4.69, 9.17) is 16.3 Å². The van der Waals surface area contributed by atoms with Crippen LogP contribution in [0.15, 0.2) is 72.0 Å². The third kappa shape index (κ3) is 6.47. The number of aliphatic imine (C=N–C) groups is 1. The Hall–Kier alpha value is -3.55.